The fourth-order valence-electron chi connectivity index (χ4n) is 5.92. The third-order valence-corrected chi connectivity index (χ3v) is 8.87. The standard InChI is InChI=1S/C24H24BrN5O2S/c25-17-12-27-23(33-17)30-22(32)20-14-8-7-13(24(14)9-10-24)19(20)21(31)26-11-3-6-18-28-15-4-1-2-5-16(15)29-18/h1-2,4-5,7-8,12-14,19-20H,3,6,9-11H2,(H,26,31)(H,28,29)(H,27,30,32)/t13-,14+,19-,20-/m1/s1. The van der Waals surface area contributed by atoms with Crippen molar-refractivity contribution in [1.29, 1.82) is 0 Å². The Morgan fingerprint density at radius 2 is 1.91 bits per heavy atom. The van der Waals surface area contributed by atoms with E-state index in [2.05, 4.69) is 53.7 Å². The molecule has 3 aromatic rings. The van der Waals surface area contributed by atoms with E-state index in [1.807, 2.05) is 24.3 Å². The van der Waals surface area contributed by atoms with Gasteiger partial charge in [0.25, 0.3) is 0 Å². The molecule has 6 rings (SSSR count). The van der Waals surface area contributed by atoms with Crippen molar-refractivity contribution in [3.8, 4) is 0 Å². The first-order chi connectivity index (χ1) is 16.0. The molecule has 2 bridgehead atoms. The third-order valence-electron chi connectivity index (χ3n) is 7.48. The molecule has 170 valence electrons. The predicted molar refractivity (Wildman–Crippen MR) is 131 cm³/mol. The Kier molecular flexibility index (Phi) is 5.14. The smallest absolute Gasteiger partial charge is 0.230 e. The van der Waals surface area contributed by atoms with Gasteiger partial charge in [-0.3, -0.25) is 9.59 Å². The zero-order chi connectivity index (χ0) is 22.6. The van der Waals surface area contributed by atoms with Crippen LogP contribution in [0.5, 0.6) is 0 Å². The second kappa shape index (κ2) is 8.06. The molecule has 2 fully saturated rings. The Morgan fingerprint density at radius 1 is 1.15 bits per heavy atom. The molecule has 2 aromatic heterocycles. The van der Waals surface area contributed by atoms with Crippen molar-refractivity contribution in [1.82, 2.24) is 20.3 Å². The molecule has 1 aromatic carbocycles. The number of halogens is 1. The maximum atomic E-state index is 13.3. The number of carbonyl (C=O) groups excluding carboxylic acids is 2. The van der Waals surface area contributed by atoms with Crippen LogP contribution in [-0.4, -0.2) is 33.3 Å². The van der Waals surface area contributed by atoms with Gasteiger partial charge in [0, 0.05) is 13.0 Å². The molecule has 4 atom stereocenters. The van der Waals surface area contributed by atoms with Crippen LogP contribution in [0.15, 0.2) is 46.4 Å². The highest BCUT2D eigenvalue weighted by molar-refractivity contribution is 9.11. The Hall–Kier alpha value is -2.52. The summed E-state index contributed by atoms with van der Waals surface area (Å²) in [5.41, 5.74) is 2.10. The topological polar surface area (TPSA) is 99.8 Å². The van der Waals surface area contributed by atoms with Crippen molar-refractivity contribution in [2.24, 2.45) is 29.1 Å². The number of hydrogen-bond donors (Lipinski definition) is 3. The summed E-state index contributed by atoms with van der Waals surface area (Å²) in [5.74, 6) is 0.439. The van der Waals surface area contributed by atoms with Crippen LogP contribution in [0.4, 0.5) is 5.13 Å². The van der Waals surface area contributed by atoms with Crippen LogP contribution in [0.1, 0.15) is 25.1 Å². The maximum absolute atomic E-state index is 13.3. The lowest BCUT2D eigenvalue weighted by molar-refractivity contribution is -0.132. The number of rotatable bonds is 7. The quantitative estimate of drug-likeness (QED) is 0.316. The Labute approximate surface area is 203 Å². The summed E-state index contributed by atoms with van der Waals surface area (Å²) >= 11 is 4.77. The highest BCUT2D eigenvalue weighted by Crippen LogP contribution is 2.72. The number of hydrogen-bond acceptors (Lipinski definition) is 5. The van der Waals surface area contributed by atoms with E-state index >= 15 is 0 Å². The minimum absolute atomic E-state index is 0.0109. The minimum Gasteiger partial charge on any atom is -0.356 e. The van der Waals surface area contributed by atoms with E-state index in [9.17, 15) is 9.59 Å². The van der Waals surface area contributed by atoms with Crippen LogP contribution in [-0.2, 0) is 16.0 Å². The lowest BCUT2D eigenvalue weighted by Crippen LogP contribution is -2.42. The van der Waals surface area contributed by atoms with E-state index < -0.39 is 0 Å². The highest BCUT2D eigenvalue weighted by Gasteiger charge is 2.69. The molecule has 2 amide bonds. The number of thiazole rings is 1. The predicted octanol–water partition coefficient (Wildman–Crippen LogP) is 4.30. The number of imidazole rings is 1. The molecule has 0 unspecified atom stereocenters. The molecule has 3 aliphatic carbocycles. The number of carbonyl (C=O) groups is 2. The molecule has 0 radical (unpaired) electrons. The van der Waals surface area contributed by atoms with Crippen LogP contribution in [0.25, 0.3) is 11.0 Å². The number of fused-ring (bicyclic) bond motifs is 1. The molecule has 7 nitrogen and oxygen atoms in total. The zero-order valence-corrected chi connectivity index (χ0v) is 20.3. The van der Waals surface area contributed by atoms with Gasteiger partial charge in [-0.2, -0.15) is 0 Å². The van der Waals surface area contributed by atoms with Crippen LogP contribution in [0.3, 0.4) is 0 Å². The maximum Gasteiger partial charge on any atom is 0.230 e. The Morgan fingerprint density at radius 3 is 2.61 bits per heavy atom. The molecule has 0 aliphatic heterocycles. The number of nitrogens with one attached hydrogen (secondary N) is 3. The van der Waals surface area contributed by atoms with Crippen molar-refractivity contribution in [2.45, 2.75) is 25.7 Å². The van der Waals surface area contributed by atoms with Crippen LogP contribution in [0.2, 0.25) is 0 Å². The molecular weight excluding hydrogens is 502 g/mol. The number of aromatic amines is 1. The van der Waals surface area contributed by atoms with Crippen molar-refractivity contribution < 1.29 is 9.59 Å². The van der Waals surface area contributed by atoms with Crippen molar-refractivity contribution in [2.75, 3.05) is 11.9 Å². The third kappa shape index (κ3) is 3.61. The molecule has 2 saturated carbocycles. The van der Waals surface area contributed by atoms with Gasteiger partial charge >= 0.3 is 0 Å². The number of allylic oxidation sites excluding steroid dienone is 2. The number of nitrogens with zero attached hydrogens (tertiary/aromatic N) is 2. The average molecular weight is 526 g/mol. The lowest BCUT2D eigenvalue weighted by Gasteiger charge is -2.25. The molecule has 3 N–H and O–H groups in total. The number of aryl methyl sites for hydroxylation is 1. The first kappa shape index (κ1) is 21.0. The summed E-state index contributed by atoms with van der Waals surface area (Å²) in [7, 11) is 0. The number of aromatic nitrogens is 3. The minimum atomic E-state index is -0.347. The summed E-state index contributed by atoms with van der Waals surface area (Å²) in [4.78, 5) is 38.7. The number of benzene rings is 1. The van der Waals surface area contributed by atoms with E-state index in [-0.39, 0.29) is 40.9 Å². The average Bonchev–Trinajstić information content (AvgIpc) is 3.04. The second-order valence-corrected chi connectivity index (χ2v) is 11.7. The van der Waals surface area contributed by atoms with Gasteiger partial charge in [-0.05, 0) is 64.6 Å². The van der Waals surface area contributed by atoms with E-state index in [1.54, 1.807) is 6.20 Å². The molecule has 1 spiro atoms. The SMILES string of the molecule is O=C(NCCCc1nc2ccccc2[nH]1)[C@H]1[C@H](C(=O)Nc2ncc(Br)s2)[C@@H]2C=C[C@H]1C21CC1. The molecule has 2 heterocycles. The van der Waals surface area contributed by atoms with Gasteiger partial charge in [-0.25, -0.2) is 9.97 Å². The Bertz CT molecular complexity index is 1230. The van der Waals surface area contributed by atoms with Gasteiger partial charge < -0.3 is 15.6 Å². The van der Waals surface area contributed by atoms with E-state index in [0.717, 1.165) is 46.3 Å². The molecule has 9 heteroatoms. The molecule has 3 aliphatic rings. The van der Waals surface area contributed by atoms with E-state index in [4.69, 9.17) is 0 Å². The fraction of sp³-hybridized carbons (Fsp3) is 0.417. The molecular formula is C24H24BrN5O2S. The highest BCUT2D eigenvalue weighted by atomic mass is 79.9. The largest absolute Gasteiger partial charge is 0.356 e. The van der Waals surface area contributed by atoms with Gasteiger partial charge in [-0.1, -0.05) is 35.6 Å². The summed E-state index contributed by atoms with van der Waals surface area (Å²) in [6, 6.07) is 7.97. The summed E-state index contributed by atoms with van der Waals surface area (Å²) in [5, 5.41) is 6.63. The van der Waals surface area contributed by atoms with Crippen LogP contribution < -0.4 is 10.6 Å². The van der Waals surface area contributed by atoms with Crippen LogP contribution >= 0.6 is 27.3 Å². The van der Waals surface area contributed by atoms with Gasteiger partial charge in [0.1, 0.15) is 5.82 Å². The van der Waals surface area contributed by atoms with Crippen molar-refractivity contribution >= 4 is 55.2 Å². The first-order valence-electron chi connectivity index (χ1n) is 11.4. The van der Waals surface area contributed by atoms with Gasteiger partial charge in [0.15, 0.2) is 5.13 Å². The first-order valence-corrected chi connectivity index (χ1v) is 13.0. The van der Waals surface area contributed by atoms with Crippen molar-refractivity contribution in [3.63, 3.8) is 0 Å². The van der Waals surface area contributed by atoms with Gasteiger partial charge in [0.05, 0.1) is 32.9 Å². The van der Waals surface area contributed by atoms with Crippen molar-refractivity contribution in [3.05, 3.63) is 52.2 Å². The second-order valence-electron chi connectivity index (χ2n) is 9.28. The summed E-state index contributed by atoms with van der Waals surface area (Å²) < 4.78 is 0.864. The monoisotopic (exact) mass is 525 g/mol. The lowest BCUT2D eigenvalue weighted by atomic mass is 9.81. The Balaban J connectivity index is 1.11. The zero-order valence-electron chi connectivity index (χ0n) is 17.9. The number of H-pyrrole nitrogens is 1. The summed E-state index contributed by atoms with van der Waals surface area (Å²) in [6.45, 7) is 0.564. The van der Waals surface area contributed by atoms with E-state index in [0.29, 0.717) is 11.7 Å². The molecule has 0 saturated heterocycles. The van der Waals surface area contributed by atoms with Gasteiger partial charge in [-0.15, -0.1) is 0 Å². The molecule has 33 heavy (non-hydrogen) atoms. The number of anilines is 1. The summed E-state index contributed by atoms with van der Waals surface area (Å²) in [6.07, 6.45) is 9.77. The van der Waals surface area contributed by atoms with E-state index in [1.165, 1.54) is 11.3 Å². The van der Waals surface area contributed by atoms with Gasteiger partial charge in [0.2, 0.25) is 11.8 Å². The van der Waals surface area contributed by atoms with Crippen LogP contribution in [0, 0.1) is 29.1 Å². The fourth-order valence-corrected chi connectivity index (χ4v) is 7.03. The number of para-hydroxylation sites is 2. The number of amides is 2. The normalized spacial score (nSPS) is 26.2.